The van der Waals surface area contributed by atoms with Gasteiger partial charge in [0.1, 0.15) is 5.75 Å². The minimum atomic E-state index is -3.46. The molecule has 1 aliphatic heterocycles. The van der Waals surface area contributed by atoms with Crippen LogP contribution in [-0.2, 0) is 19.4 Å². The van der Waals surface area contributed by atoms with E-state index in [1.807, 2.05) is 0 Å². The molecule has 1 amide bonds. The van der Waals surface area contributed by atoms with E-state index in [0.717, 1.165) is 12.8 Å². The quantitative estimate of drug-likeness (QED) is 0.701. The molecule has 1 saturated heterocycles. The van der Waals surface area contributed by atoms with Crippen LogP contribution < -0.4 is 5.32 Å². The molecule has 0 aromatic rings. The van der Waals surface area contributed by atoms with Gasteiger partial charge in [0.15, 0.2) is 9.84 Å². The lowest BCUT2D eigenvalue weighted by molar-refractivity contribution is -0.119. The Hall–Kier alpha value is -1.13. The molecule has 0 spiro atoms. The molecule has 1 fully saturated rings. The summed E-state index contributed by atoms with van der Waals surface area (Å²) in [6, 6.07) is 1.74. The van der Waals surface area contributed by atoms with Crippen molar-refractivity contribution in [3.63, 3.8) is 0 Å². The third-order valence-corrected chi connectivity index (χ3v) is 3.95. The summed E-state index contributed by atoms with van der Waals surface area (Å²) in [5.41, 5.74) is 0. The van der Waals surface area contributed by atoms with Crippen LogP contribution in [0, 0.1) is 11.3 Å². The van der Waals surface area contributed by atoms with E-state index in [-0.39, 0.29) is 18.3 Å². The number of carbonyl (C=O) groups is 1. The Balaban J connectivity index is 2.26. The Bertz CT molecular complexity index is 393. The summed E-state index contributed by atoms with van der Waals surface area (Å²) in [6.07, 6.45) is 1.78. The summed E-state index contributed by atoms with van der Waals surface area (Å²) in [6.45, 7) is 1.05. The molecule has 96 valence electrons. The van der Waals surface area contributed by atoms with E-state index >= 15 is 0 Å². The topological polar surface area (TPSA) is 96.3 Å². The molecular weight excluding hydrogens is 244 g/mol. The standard InChI is InChI=1S/C10H16N2O4S/c11-4-2-6-17(14,15)8-10(13)12-7-9-3-1-5-16-9/h9H,1-3,5-8H2,(H,12,13). The highest BCUT2D eigenvalue weighted by Crippen LogP contribution is 2.10. The molecule has 1 unspecified atom stereocenters. The summed E-state index contributed by atoms with van der Waals surface area (Å²) >= 11 is 0. The van der Waals surface area contributed by atoms with E-state index in [9.17, 15) is 13.2 Å². The molecule has 1 atom stereocenters. The number of amides is 1. The van der Waals surface area contributed by atoms with Crippen LogP contribution in [0.25, 0.3) is 0 Å². The van der Waals surface area contributed by atoms with Crippen LogP contribution >= 0.6 is 0 Å². The van der Waals surface area contributed by atoms with Crippen molar-refractivity contribution in [3.05, 3.63) is 0 Å². The fourth-order valence-electron chi connectivity index (χ4n) is 1.56. The highest BCUT2D eigenvalue weighted by atomic mass is 32.2. The van der Waals surface area contributed by atoms with E-state index < -0.39 is 21.5 Å². The Morgan fingerprint density at radius 3 is 2.88 bits per heavy atom. The Kier molecular flexibility index (Phi) is 5.38. The predicted octanol–water partition coefficient (Wildman–Crippen LogP) is -0.390. The molecule has 1 heterocycles. The second-order valence-electron chi connectivity index (χ2n) is 3.94. The van der Waals surface area contributed by atoms with Gasteiger partial charge in [0.05, 0.1) is 17.9 Å². The van der Waals surface area contributed by atoms with Crippen LogP contribution in [0.4, 0.5) is 0 Å². The molecule has 7 heteroatoms. The first kappa shape index (κ1) is 13.9. The predicted molar refractivity (Wildman–Crippen MR) is 60.9 cm³/mol. The molecule has 1 rings (SSSR count). The molecule has 0 aliphatic carbocycles. The zero-order valence-corrected chi connectivity index (χ0v) is 10.3. The summed E-state index contributed by atoms with van der Waals surface area (Å²) < 4.78 is 28.0. The number of carbonyl (C=O) groups excluding carboxylic acids is 1. The average molecular weight is 260 g/mol. The normalized spacial score (nSPS) is 19.8. The van der Waals surface area contributed by atoms with Crippen molar-refractivity contribution in [2.45, 2.75) is 25.4 Å². The summed E-state index contributed by atoms with van der Waals surface area (Å²) in [5, 5.41) is 10.8. The molecule has 0 saturated carbocycles. The SMILES string of the molecule is N#CCCS(=O)(=O)CC(=O)NCC1CCCO1. The van der Waals surface area contributed by atoms with Gasteiger partial charge in [-0.3, -0.25) is 4.79 Å². The summed E-state index contributed by atoms with van der Waals surface area (Å²) in [5.74, 6) is -1.35. The van der Waals surface area contributed by atoms with Crippen molar-refractivity contribution in [2.75, 3.05) is 24.7 Å². The summed E-state index contributed by atoms with van der Waals surface area (Å²) in [4.78, 5) is 11.3. The minimum absolute atomic E-state index is 0.000706. The second kappa shape index (κ2) is 6.57. The van der Waals surface area contributed by atoms with Gasteiger partial charge in [-0.1, -0.05) is 0 Å². The number of hydrogen-bond acceptors (Lipinski definition) is 5. The maximum atomic E-state index is 11.4. The number of hydrogen-bond donors (Lipinski definition) is 1. The van der Waals surface area contributed by atoms with Gasteiger partial charge in [-0.2, -0.15) is 5.26 Å². The van der Waals surface area contributed by atoms with Gasteiger partial charge < -0.3 is 10.1 Å². The van der Waals surface area contributed by atoms with Crippen molar-refractivity contribution >= 4 is 15.7 Å². The van der Waals surface area contributed by atoms with E-state index in [2.05, 4.69) is 5.32 Å². The summed E-state index contributed by atoms with van der Waals surface area (Å²) in [7, 11) is -3.46. The van der Waals surface area contributed by atoms with Crippen LogP contribution in [-0.4, -0.2) is 45.1 Å². The van der Waals surface area contributed by atoms with Gasteiger partial charge in [-0.25, -0.2) is 8.42 Å². The fourth-order valence-corrected chi connectivity index (χ4v) is 2.61. The van der Waals surface area contributed by atoms with Gasteiger partial charge in [0.2, 0.25) is 5.91 Å². The first-order valence-corrected chi connectivity index (χ1v) is 7.31. The van der Waals surface area contributed by atoms with Gasteiger partial charge in [-0.15, -0.1) is 0 Å². The van der Waals surface area contributed by atoms with E-state index in [4.69, 9.17) is 10.00 Å². The van der Waals surface area contributed by atoms with Crippen molar-refractivity contribution < 1.29 is 17.9 Å². The zero-order chi connectivity index (χ0) is 12.7. The molecule has 17 heavy (non-hydrogen) atoms. The number of nitrogens with zero attached hydrogens (tertiary/aromatic N) is 1. The lowest BCUT2D eigenvalue weighted by Gasteiger charge is -2.10. The first-order chi connectivity index (χ1) is 8.03. The number of ether oxygens (including phenoxy) is 1. The van der Waals surface area contributed by atoms with Gasteiger partial charge in [-0.05, 0) is 12.8 Å². The molecule has 0 bridgehead atoms. The molecule has 0 aromatic carbocycles. The fraction of sp³-hybridized carbons (Fsp3) is 0.800. The molecule has 0 radical (unpaired) electrons. The lowest BCUT2D eigenvalue weighted by atomic mass is 10.2. The lowest BCUT2D eigenvalue weighted by Crippen LogP contribution is -2.36. The Labute approximate surface area is 101 Å². The Morgan fingerprint density at radius 1 is 1.53 bits per heavy atom. The maximum absolute atomic E-state index is 11.4. The van der Waals surface area contributed by atoms with Gasteiger partial charge in [0, 0.05) is 19.6 Å². The van der Waals surface area contributed by atoms with E-state index in [1.54, 1.807) is 6.07 Å². The van der Waals surface area contributed by atoms with Crippen LogP contribution in [0.15, 0.2) is 0 Å². The average Bonchev–Trinajstić information content (AvgIpc) is 2.76. The van der Waals surface area contributed by atoms with Crippen molar-refractivity contribution in [3.8, 4) is 6.07 Å². The van der Waals surface area contributed by atoms with Gasteiger partial charge >= 0.3 is 0 Å². The number of nitriles is 1. The monoisotopic (exact) mass is 260 g/mol. The van der Waals surface area contributed by atoms with Gasteiger partial charge in [0.25, 0.3) is 0 Å². The minimum Gasteiger partial charge on any atom is -0.376 e. The third kappa shape index (κ3) is 5.65. The first-order valence-electron chi connectivity index (χ1n) is 5.49. The van der Waals surface area contributed by atoms with Crippen LogP contribution in [0.1, 0.15) is 19.3 Å². The van der Waals surface area contributed by atoms with E-state index in [0.29, 0.717) is 13.2 Å². The zero-order valence-electron chi connectivity index (χ0n) is 9.52. The highest BCUT2D eigenvalue weighted by molar-refractivity contribution is 7.92. The van der Waals surface area contributed by atoms with Crippen LogP contribution in [0.3, 0.4) is 0 Å². The van der Waals surface area contributed by atoms with Crippen molar-refractivity contribution in [1.29, 1.82) is 5.26 Å². The maximum Gasteiger partial charge on any atom is 0.235 e. The number of nitrogens with one attached hydrogen (secondary N) is 1. The molecule has 1 aliphatic rings. The van der Waals surface area contributed by atoms with E-state index in [1.165, 1.54) is 0 Å². The smallest absolute Gasteiger partial charge is 0.235 e. The highest BCUT2D eigenvalue weighted by Gasteiger charge is 2.19. The molecule has 6 nitrogen and oxygen atoms in total. The molecule has 1 N–H and O–H groups in total. The Morgan fingerprint density at radius 2 is 2.29 bits per heavy atom. The molecular formula is C10H16N2O4S. The number of sulfone groups is 1. The second-order valence-corrected chi connectivity index (χ2v) is 6.12. The van der Waals surface area contributed by atoms with Crippen molar-refractivity contribution in [2.24, 2.45) is 0 Å². The molecule has 0 aromatic heterocycles. The number of rotatable bonds is 6. The van der Waals surface area contributed by atoms with Crippen LogP contribution in [0.2, 0.25) is 0 Å². The largest absolute Gasteiger partial charge is 0.376 e. The van der Waals surface area contributed by atoms with Crippen molar-refractivity contribution in [1.82, 2.24) is 5.32 Å². The third-order valence-electron chi connectivity index (χ3n) is 2.43. The van der Waals surface area contributed by atoms with Crippen LogP contribution in [0.5, 0.6) is 0 Å².